The van der Waals surface area contributed by atoms with Crippen LogP contribution in [0.15, 0.2) is 53.4 Å². The molecule has 0 unspecified atom stereocenters. The number of hydrogen-bond acceptors (Lipinski definition) is 5. The molecular formula is C28H30FN3O4S. The molecule has 0 bridgehead atoms. The molecule has 2 aliphatic heterocycles. The predicted molar refractivity (Wildman–Crippen MR) is 141 cm³/mol. The molecule has 2 aromatic carbocycles. The summed E-state index contributed by atoms with van der Waals surface area (Å²) >= 11 is 0.836. The van der Waals surface area contributed by atoms with Gasteiger partial charge < -0.3 is 9.80 Å². The molecular weight excluding hydrogens is 493 g/mol. The van der Waals surface area contributed by atoms with E-state index in [4.69, 9.17) is 0 Å². The Bertz CT molecular complexity index is 1230. The minimum Gasteiger partial charge on any atom is -0.343 e. The van der Waals surface area contributed by atoms with Gasteiger partial charge >= 0.3 is 0 Å². The largest absolute Gasteiger partial charge is 0.343 e. The zero-order valence-corrected chi connectivity index (χ0v) is 21.8. The number of amides is 4. The zero-order valence-electron chi connectivity index (χ0n) is 21.0. The third kappa shape index (κ3) is 6.10. The molecule has 0 aliphatic carbocycles. The van der Waals surface area contributed by atoms with Crippen LogP contribution in [0.3, 0.4) is 0 Å². The maximum absolute atomic E-state index is 13.5. The normalized spacial score (nSPS) is 19.0. The van der Waals surface area contributed by atoms with Gasteiger partial charge in [-0.2, -0.15) is 0 Å². The van der Waals surface area contributed by atoms with Crippen molar-refractivity contribution in [2.75, 3.05) is 26.2 Å². The fourth-order valence-corrected chi connectivity index (χ4v) is 5.51. The SMILES string of the molecule is CCN(CC)C(=O)[C@H]1CCCN(C(=O)c2ccc(/C=C3\SC(=O)N(Cc4cccc(F)c4)C3=O)cc2)C1. The number of carbonyl (C=O) groups excluding carboxylic acids is 4. The first-order valence-electron chi connectivity index (χ1n) is 12.5. The van der Waals surface area contributed by atoms with E-state index in [1.54, 1.807) is 41.3 Å². The van der Waals surface area contributed by atoms with E-state index in [0.29, 0.717) is 42.9 Å². The summed E-state index contributed by atoms with van der Waals surface area (Å²) in [6, 6.07) is 12.7. The number of carbonyl (C=O) groups is 4. The van der Waals surface area contributed by atoms with E-state index in [1.807, 2.05) is 18.7 Å². The summed E-state index contributed by atoms with van der Waals surface area (Å²) in [7, 11) is 0. The average molecular weight is 524 g/mol. The highest BCUT2D eigenvalue weighted by Gasteiger charge is 2.35. The number of imide groups is 1. The molecule has 2 saturated heterocycles. The molecule has 1 atom stereocenters. The first-order valence-corrected chi connectivity index (χ1v) is 13.3. The topological polar surface area (TPSA) is 78.0 Å². The van der Waals surface area contributed by atoms with Crippen molar-refractivity contribution in [3.8, 4) is 0 Å². The summed E-state index contributed by atoms with van der Waals surface area (Å²) in [5, 5.41) is -0.411. The Balaban J connectivity index is 1.41. The van der Waals surface area contributed by atoms with Gasteiger partial charge in [0, 0.05) is 31.7 Å². The molecule has 2 aliphatic rings. The molecule has 4 rings (SSSR count). The molecule has 2 fully saturated rings. The van der Waals surface area contributed by atoms with Crippen LogP contribution in [0, 0.1) is 11.7 Å². The number of thioether (sulfide) groups is 1. The highest BCUT2D eigenvalue weighted by atomic mass is 32.2. The highest BCUT2D eigenvalue weighted by Crippen LogP contribution is 2.33. The second-order valence-electron chi connectivity index (χ2n) is 9.12. The number of rotatable bonds is 7. The van der Waals surface area contributed by atoms with E-state index in [1.165, 1.54) is 18.2 Å². The van der Waals surface area contributed by atoms with Crippen LogP contribution in [-0.4, -0.2) is 63.8 Å². The Labute approximate surface area is 220 Å². The first-order chi connectivity index (χ1) is 17.8. The Morgan fingerprint density at radius 1 is 1.11 bits per heavy atom. The smallest absolute Gasteiger partial charge is 0.293 e. The lowest BCUT2D eigenvalue weighted by Crippen LogP contribution is -2.46. The van der Waals surface area contributed by atoms with Gasteiger partial charge in [-0.3, -0.25) is 24.1 Å². The number of halogens is 1. The lowest BCUT2D eigenvalue weighted by atomic mass is 9.95. The van der Waals surface area contributed by atoms with Crippen molar-refractivity contribution >= 4 is 40.8 Å². The summed E-state index contributed by atoms with van der Waals surface area (Å²) in [5.41, 5.74) is 1.72. The second-order valence-corrected chi connectivity index (χ2v) is 10.1. The Hall–Kier alpha value is -3.46. The number of nitrogens with zero attached hydrogens (tertiary/aromatic N) is 3. The van der Waals surface area contributed by atoms with E-state index >= 15 is 0 Å². The lowest BCUT2D eigenvalue weighted by Gasteiger charge is -2.34. The van der Waals surface area contributed by atoms with Crippen molar-refractivity contribution in [1.29, 1.82) is 0 Å². The van der Waals surface area contributed by atoms with Crippen LogP contribution in [0.4, 0.5) is 9.18 Å². The standard InChI is InChI=1S/C28H30FN3O4S/c1-3-30(4-2)26(34)22-8-6-14-31(18-22)25(33)21-12-10-19(11-13-21)16-24-27(35)32(28(36)37-24)17-20-7-5-9-23(29)15-20/h5,7,9-13,15-16,22H,3-4,6,8,14,17-18H2,1-2H3/b24-16-/t22-/m0/s1. The summed E-state index contributed by atoms with van der Waals surface area (Å²) in [4.78, 5) is 56.0. The number of hydrogen-bond donors (Lipinski definition) is 0. The highest BCUT2D eigenvalue weighted by molar-refractivity contribution is 8.18. The van der Waals surface area contributed by atoms with Crippen LogP contribution in [0.25, 0.3) is 6.08 Å². The predicted octanol–water partition coefficient (Wildman–Crippen LogP) is 4.78. The van der Waals surface area contributed by atoms with Gasteiger partial charge in [0.2, 0.25) is 5.91 Å². The summed E-state index contributed by atoms with van der Waals surface area (Å²) < 4.78 is 13.5. The second kappa shape index (κ2) is 11.7. The van der Waals surface area contributed by atoms with Gasteiger partial charge in [-0.15, -0.1) is 0 Å². The van der Waals surface area contributed by atoms with E-state index in [9.17, 15) is 23.6 Å². The van der Waals surface area contributed by atoms with Gasteiger partial charge in [0.15, 0.2) is 0 Å². The number of benzene rings is 2. The van der Waals surface area contributed by atoms with Gasteiger partial charge in [-0.25, -0.2) is 4.39 Å². The van der Waals surface area contributed by atoms with Crippen molar-refractivity contribution in [2.45, 2.75) is 33.2 Å². The first kappa shape index (κ1) is 26.6. The van der Waals surface area contributed by atoms with E-state index in [-0.39, 0.29) is 29.2 Å². The quantitative estimate of drug-likeness (QED) is 0.488. The summed E-state index contributed by atoms with van der Waals surface area (Å²) in [5.74, 6) is -1.06. The maximum atomic E-state index is 13.5. The fraction of sp³-hybridized carbons (Fsp3) is 0.357. The Morgan fingerprint density at radius 3 is 2.51 bits per heavy atom. The molecule has 194 valence electrons. The van der Waals surface area contributed by atoms with Crippen LogP contribution in [-0.2, 0) is 16.1 Å². The molecule has 0 N–H and O–H groups in total. The molecule has 2 aromatic rings. The van der Waals surface area contributed by atoms with Crippen molar-refractivity contribution < 1.29 is 23.6 Å². The molecule has 0 aromatic heterocycles. The molecule has 7 nitrogen and oxygen atoms in total. The van der Waals surface area contributed by atoms with Crippen molar-refractivity contribution in [1.82, 2.24) is 14.7 Å². The summed E-state index contributed by atoms with van der Waals surface area (Å²) in [6.07, 6.45) is 3.18. The van der Waals surface area contributed by atoms with Gasteiger partial charge in [0.1, 0.15) is 5.82 Å². The fourth-order valence-electron chi connectivity index (χ4n) is 4.67. The van der Waals surface area contributed by atoms with Crippen LogP contribution < -0.4 is 0 Å². The van der Waals surface area contributed by atoms with Crippen molar-refractivity contribution in [2.24, 2.45) is 5.92 Å². The Kier molecular flexibility index (Phi) is 8.43. The van der Waals surface area contributed by atoms with E-state index in [2.05, 4.69) is 0 Å². The van der Waals surface area contributed by atoms with Crippen molar-refractivity contribution in [3.63, 3.8) is 0 Å². The molecule has 4 amide bonds. The zero-order chi connectivity index (χ0) is 26.5. The average Bonchev–Trinajstić information content (AvgIpc) is 3.16. The number of piperidine rings is 1. The van der Waals surface area contributed by atoms with Crippen LogP contribution in [0.2, 0.25) is 0 Å². The minimum atomic E-state index is -0.434. The lowest BCUT2D eigenvalue weighted by molar-refractivity contribution is -0.136. The molecule has 9 heteroatoms. The van der Waals surface area contributed by atoms with Gasteiger partial charge in [0.25, 0.3) is 17.1 Å². The third-order valence-corrected chi connectivity index (χ3v) is 7.60. The van der Waals surface area contributed by atoms with Crippen molar-refractivity contribution in [3.05, 3.63) is 75.9 Å². The monoisotopic (exact) mass is 523 g/mol. The molecule has 0 spiro atoms. The Morgan fingerprint density at radius 2 is 1.84 bits per heavy atom. The third-order valence-electron chi connectivity index (χ3n) is 6.69. The minimum absolute atomic E-state index is 0.000804. The van der Waals surface area contributed by atoms with Crippen LogP contribution in [0.5, 0.6) is 0 Å². The number of likely N-dealkylation sites (tertiary alicyclic amines) is 1. The van der Waals surface area contributed by atoms with Crippen LogP contribution in [0.1, 0.15) is 48.2 Å². The van der Waals surface area contributed by atoms with Gasteiger partial charge in [-0.1, -0.05) is 24.3 Å². The molecule has 0 radical (unpaired) electrons. The van der Waals surface area contributed by atoms with Crippen LogP contribution >= 0.6 is 11.8 Å². The molecule has 37 heavy (non-hydrogen) atoms. The summed E-state index contributed by atoms with van der Waals surface area (Å²) in [6.45, 7) is 6.26. The van der Waals surface area contributed by atoms with E-state index in [0.717, 1.165) is 29.5 Å². The maximum Gasteiger partial charge on any atom is 0.293 e. The van der Waals surface area contributed by atoms with E-state index < -0.39 is 17.0 Å². The van der Waals surface area contributed by atoms with Gasteiger partial charge in [0.05, 0.1) is 17.4 Å². The van der Waals surface area contributed by atoms with Gasteiger partial charge in [-0.05, 0) is 79.9 Å². The molecule has 2 heterocycles. The molecule has 0 saturated carbocycles.